The average molecular weight is 522 g/mol. The van der Waals surface area contributed by atoms with E-state index in [2.05, 4.69) is 32.3 Å². The van der Waals surface area contributed by atoms with E-state index in [1.54, 1.807) is 24.1 Å². The highest BCUT2D eigenvalue weighted by Gasteiger charge is 2.28. The van der Waals surface area contributed by atoms with Crippen molar-refractivity contribution in [1.29, 1.82) is 0 Å². The third kappa shape index (κ3) is 5.24. The summed E-state index contributed by atoms with van der Waals surface area (Å²) < 4.78 is 36.5. The molecule has 2 unspecified atom stereocenters. The Morgan fingerprint density at radius 3 is 2.79 bits per heavy atom. The summed E-state index contributed by atoms with van der Waals surface area (Å²) in [5, 5.41) is 10.6. The lowest BCUT2D eigenvalue weighted by Gasteiger charge is -2.31. The second kappa shape index (κ2) is 10.4. The fraction of sp³-hybridized carbons (Fsp3) is 0.269. The zero-order valence-electron chi connectivity index (χ0n) is 20.5. The number of halogens is 2. The number of pyridine rings is 1. The smallest absolute Gasteiger partial charge is 0.295 e. The standard InChI is InChI=1S/C26H25F2N7O3/c1-3-23(36)31-17-5-4-6-19(11-17)35-24-15(12-29-26(33-24)32-18-13-30-34(2)14-18)9-22(25(35)37)38-21-8-7-16(27)10-20(21)28/h3,7-10,12-14,17,19H,1,4-6,11H2,2H3,(H,31,36)(H,29,32,33). The van der Waals surface area contributed by atoms with Crippen molar-refractivity contribution in [2.75, 3.05) is 5.32 Å². The molecular formula is C26H25F2N7O3. The molecule has 0 saturated heterocycles. The number of rotatable bonds is 7. The van der Waals surface area contributed by atoms with Crippen LogP contribution in [-0.4, -0.2) is 36.3 Å². The van der Waals surface area contributed by atoms with Gasteiger partial charge in [-0.15, -0.1) is 0 Å². The topological polar surface area (TPSA) is 116 Å². The van der Waals surface area contributed by atoms with Crippen LogP contribution in [0.4, 0.5) is 20.4 Å². The molecule has 0 radical (unpaired) electrons. The van der Waals surface area contributed by atoms with Gasteiger partial charge in [0.15, 0.2) is 17.3 Å². The van der Waals surface area contributed by atoms with Crippen molar-refractivity contribution in [2.45, 2.75) is 37.8 Å². The summed E-state index contributed by atoms with van der Waals surface area (Å²) in [4.78, 5) is 34.7. The molecule has 0 spiro atoms. The van der Waals surface area contributed by atoms with Gasteiger partial charge in [0.25, 0.3) is 5.56 Å². The second-order valence-electron chi connectivity index (χ2n) is 9.09. The zero-order chi connectivity index (χ0) is 26.8. The van der Waals surface area contributed by atoms with Gasteiger partial charge in [0.2, 0.25) is 11.9 Å². The summed E-state index contributed by atoms with van der Waals surface area (Å²) in [6, 6.07) is 3.78. The Balaban J connectivity index is 1.59. The highest BCUT2D eigenvalue weighted by atomic mass is 19.1. The van der Waals surface area contributed by atoms with Gasteiger partial charge in [0, 0.05) is 43.0 Å². The van der Waals surface area contributed by atoms with E-state index < -0.39 is 17.2 Å². The van der Waals surface area contributed by atoms with E-state index >= 15 is 0 Å². The number of aromatic nitrogens is 5. The second-order valence-corrected chi connectivity index (χ2v) is 9.09. The Morgan fingerprint density at radius 1 is 1.21 bits per heavy atom. The maximum absolute atomic E-state index is 14.3. The quantitative estimate of drug-likeness (QED) is 0.352. The summed E-state index contributed by atoms with van der Waals surface area (Å²) in [6.45, 7) is 3.50. The van der Waals surface area contributed by atoms with Crippen LogP contribution >= 0.6 is 0 Å². The largest absolute Gasteiger partial charge is 0.448 e. The van der Waals surface area contributed by atoms with Crippen LogP contribution in [0, 0.1) is 11.6 Å². The van der Waals surface area contributed by atoms with Gasteiger partial charge < -0.3 is 15.4 Å². The first-order chi connectivity index (χ1) is 18.3. The lowest BCUT2D eigenvalue weighted by Crippen LogP contribution is -2.40. The minimum Gasteiger partial charge on any atom is -0.448 e. The van der Waals surface area contributed by atoms with E-state index in [9.17, 15) is 18.4 Å². The first-order valence-electron chi connectivity index (χ1n) is 12.0. The molecule has 10 nitrogen and oxygen atoms in total. The number of fused-ring (bicyclic) bond motifs is 1. The van der Waals surface area contributed by atoms with E-state index in [1.807, 2.05) is 0 Å². The average Bonchev–Trinajstić information content (AvgIpc) is 3.30. The summed E-state index contributed by atoms with van der Waals surface area (Å²) in [5.74, 6) is -2.18. The van der Waals surface area contributed by atoms with Crippen molar-refractivity contribution < 1.29 is 18.3 Å². The van der Waals surface area contributed by atoms with Crippen molar-refractivity contribution in [1.82, 2.24) is 29.6 Å². The number of amides is 1. The number of nitrogens with one attached hydrogen (secondary N) is 2. The molecule has 5 rings (SSSR count). The molecular weight excluding hydrogens is 496 g/mol. The SMILES string of the molecule is C=CC(=O)NC1CCCC(n2c(=O)c(Oc3ccc(F)cc3F)cc3cnc(Nc4cnn(C)c4)nc32)C1. The molecule has 0 aliphatic heterocycles. The number of nitrogens with zero attached hydrogens (tertiary/aromatic N) is 5. The lowest BCUT2D eigenvalue weighted by atomic mass is 9.90. The molecule has 2 atom stereocenters. The predicted molar refractivity (Wildman–Crippen MR) is 136 cm³/mol. The molecule has 4 aromatic rings. The van der Waals surface area contributed by atoms with Crippen molar-refractivity contribution >= 4 is 28.6 Å². The van der Waals surface area contributed by atoms with Crippen molar-refractivity contribution in [3.8, 4) is 11.5 Å². The van der Waals surface area contributed by atoms with Gasteiger partial charge in [0.1, 0.15) is 11.5 Å². The summed E-state index contributed by atoms with van der Waals surface area (Å²) in [7, 11) is 1.78. The highest BCUT2D eigenvalue weighted by Crippen LogP contribution is 2.32. The van der Waals surface area contributed by atoms with Crippen LogP contribution in [-0.2, 0) is 11.8 Å². The normalized spacial score (nSPS) is 17.2. The molecule has 1 aromatic carbocycles. The van der Waals surface area contributed by atoms with Gasteiger partial charge in [-0.3, -0.25) is 18.8 Å². The number of carbonyl (C=O) groups excluding carboxylic acids is 1. The Hall–Kier alpha value is -4.61. The van der Waals surface area contributed by atoms with Gasteiger partial charge in [-0.1, -0.05) is 6.58 Å². The van der Waals surface area contributed by atoms with Gasteiger partial charge in [0.05, 0.1) is 11.9 Å². The molecule has 3 aromatic heterocycles. The van der Waals surface area contributed by atoms with E-state index in [-0.39, 0.29) is 35.4 Å². The van der Waals surface area contributed by atoms with Gasteiger partial charge in [-0.05, 0) is 50.0 Å². The Morgan fingerprint density at radius 2 is 2.05 bits per heavy atom. The minimum atomic E-state index is -0.937. The number of anilines is 2. The maximum atomic E-state index is 14.3. The zero-order valence-corrected chi connectivity index (χ0v) is 20.5. The van der Waals surface area contributed by atoms with E-state index in [4.69, 9.17) is 4.74 Å². The number of aryl methyl sites for hydroxylation is 1. The van der Waals surface area contributed by atoms with Crippen LogP contribution in [0.5, 0.6) is 11.5 Å². The first kappa shape index (κ1) is 25.1. The molecule has 1 saturated carbocycles. The molecule has 1 amide bonds. The molecule has 38 heavy (non-hydrogen) atoms. The maximum Gasteiger partial charge on any atom is 0.295 e. The van der Waals surface area contributed by atoms with Crippen LogP contribution in [0.3, 0.4) is 0 Å². The molecule has 0 bridgehead atoms. The van der Waals surface area contributed by atoms with Crippen molar-refractivity contribution in [2.24, 2.45) is 7.05 Å². The van der Waals surface area contributed by atoms with Gasteiger partial charge in [-0.25, -0.2) is 13.8 Å². The highest BCUT2D eigenvalue weighted by molar-refractivity contribution is 5.87. The lowest BCUT2D eigenvalue weighted by molar-refractivity contribution is -0.117. The predicted octanol–water partition coefficient (Wildman–Crippen LogP) is 4.13. The Bertz CT molecular complexity index is 1580. The molecule has 2 N–H and O–H groups in total. The molecule has 12 heteroatoms. The van der Waals surface area contributed by atoms with Gasteiger partial charge in [-0.2, -0.15) is 10.1 Å². The Kier molecular flexibility index (Phi) is 6.86. The van der Waals surface area contributed by atoms with E-state index in [0.29, 0.717) is 35.6 Å². The third-order valence-corrected chi connectivity index (χ3v) is 6.36. The van der Waals surface area contributed by atoms with Crippen LogP contribution in [0.2, 0.25) is 0 Å². The molecule has 3 heterocycles. The Labute approximate surface area is 216 Å². The molecule has 1 fully saturated rings. The third-order valence-electron chi connectivity index (χ3n) is 6.36. The molecule has 196 valence electrons. The summed E-state index contributed by atoms with van der Waals surface area (Å²) in [5.41, 5.74) is 0.481. The van der Waals surface area contributed by atoms with Crippen LogP contribution in [0.15, 0.2) is 60.3 Å². The monoisotopic (exact) mass is 521 g/mol. The summed E-state index contributed by atoms with van der Waals surface area (Å²) in [6.07, 6.45) is 8.74. The number of benzene rings is 1. The number of ether oxygens (including phenoxy) is 1. The van der Waals surface area contributed by atoms with E-state index in [0.717, 1.165) is 25.0 Å². The fourth-order valence-electron chi connectivity index (χ4n) is 4.65. The fourth-order valence-corrected chi connectivity index (χ4v) is 4.65. The number of carbonyl (C=O) groups is 1. The minimum absolute atomic E-state index is 0.156. The van der Waals surface area contributed by atoms with Crippen LogP contribution in [0.25, 0.3) is 11.0 Å². The van der Waals surface area contributed by atoms with E-state index in [1.165, 1.54) is 22.9 Å². The first-order valence-corrected chi connectivity index (χ1v) is 12.0. The number of hydrogen-bond acceptors (Lipinski definition) is 7. The number of hydrogen-bond donors (Lipinski definition) is 2. The van der Waals surface area contributed by atoms with Crippen molar-refractivity contribution in [3.63, 3.8) is 0 Å². The van der Waals surface area contributed by atoms with Crippen LogP contribution in [0.1, 0.15) is 31.7 Å². The van der Waals surface area contributed by atoms with Crippen molar-refractivity contribution in [3.05, 3.63) is 77.5 Å². The molecule has 1 aliphatic carbocycles. The van der Waals surface area contributed by atoms with Gasteiger partial charge >= 0.3 is 0 Å². The molecule has 1 aliphatic rings. The summed E-state index contributed by atoms with van der Waals surface area (Å²) >= 11 is 0. The van der Waals surface area contributed by atoms with Crippen LogP contribution < -0.4 is 20.9 Å².